The van der Waals surface area contributed by atoms with E-state index >= 15 is 0 Å². The molecule has 16 heavy (non-hydrogen) atoms. The van der Waals surface area contributed by atoms with Crippen LogP contribution in [0.2, 0.25) is 0 Å². The molecule has 5 heteroatoms. The van der Waals surface area contributed by atoms with Gasteiger partial charge in [0, 0.05) is 0 Å². The summed E-state index contributed by atoms with van der Waals surface area (Å²) in [4.78, 5) is 0. The first-order valence-electron chi connectivity index (χ1n) is 4.22. The van der Waals surface area contributed by atoms with Gasteiger partial charge in [-0.25, -0.2) is 0 Å². The standard InChI is InChI=1S/C11H6F2N2O/c12-11(13)16-10-3-1-2-8(5-10)4-9(6-14)7-15/h1-5,11H. The third-order valence-electron chi connectivity index (χ3n) is 1.64. The zero-order chi connectivity index (χ0) is 12.0. The summed E-state index contributed by atoms with van der Waals surface area (Å²) in [5.41, 5.74) is 0.352. The first kappa shape index (κ1) is 11.7. The van der Waals surface area contributed by atoms with Crippen molar-refractivity contribution in [2.24, 2.45) is 0 Å². The molecule has 1 aromatic carbocycles. The molecule has 3 nitrogen and oxygen atoms in total. The molecule has 0 N–H and O–H groups in total. The number of rotatable bonds is 3. The van der Waals surface area contributed by atoms with Gasteiger partial charge in [0.15, 0.2) is 0 Å². The van der Waals surface area contributed by atoms with E-state index < -0.39 is 6.61 Å². The lowest BCUT2D eigenvalue weighted by Gasteiger charge is -2.04. The fourth-order valence-corrected chi connectivity index (χ4v) is 1.04. The summed E-state index contributed by atoms with van der Waals surface area (Å²) in [7, 11) is 0. The lowest BCUT2D eigenvalue weighted by Crippen LogP contribution is -2.01. The quantitative estimate of drug-likeness (QED) is 0.736. The van der Waals surface area contributed by atoms with Crippen molar-refractivity contribution in [3.63, 3.8) is 0 Å². The third-order valence-corrected chi connectivity index (χ3v) is 1.64. The maximum absolute atomic E-state index is 11.9. The molecule has 0 aliphatic rings. The summed E-state index contributed by atoms with van der Waals surface area (Å²) in [5, 5.41) is 17.0. The fourth-order valence-electron chi connectivity index (χ4n) is 1.04. The summed E-state index contributed by atoms with van der Waals surface area (Å²) in [6, 6.07) is 9.10. The molecule has 0 heterocycles. The summed E-state index contributed by atoms with van der Waals surface area (Å²) >= 11 is 0. The fraction of sp³-hybridized carbons (Fsp3) is 0.0909. The van der Waals surface area contributed by atoms with Crippen molar-refractivity contribution >= 4 is 6.08 Å². The first-order chi connectivity index (χ1) is 7.65. The third kappa shape index (κ3) is 3.39. The van der Waals surface area contributed by atoms with E-state index in [9.17, 15) is 8.78 Å². The number of hydrogen-bond donors (Lipinski definition) is 0. The summed E-state index contributed by atoms with van der Waals surface area (Å²) < 4.78 is 28.0. The molecule has 0 fully saturated rings. The van der Waals surface area contributed by atoms with Gasteiger partial charge in [-0.15, -0.1) is 0 Å². The van der Waals surface area contributed by atoms with Gasteiger partial charge < -0.3 is 4.74 Å². The number of benzene rings is 1. The van der Waals surface area contributed by atoms with Crippen LogP contribution in [0, 0.1) is 22.7 Å². The minimum absolute atomic E-state index is 0.0148. The molecule has 0 aliphatic carbocycles. The van der Waals surface area contributed by atoms with Crippen LogP contribution >= 0.6 is 0 Å². The summed E-state index contributed by atoms with van der Waals surface area (Å²) in [6.07, 6.45) is 1.29. The van der Waals surface area contributed by atoms with Crippen LogP contribution < -0.4 is 4.74 Å². The second-order valence-corrected chi connectivity index (χ2v) is 2.73. The average Bonchev–Trinajstić information content (AvgIpc) is 2.25. The average molecular weight is 220 g/mol. The zero-order valence-electron chi connectivity index (χ0n) is 8.02. The maximum atomic E-state index is 11.9. The highest BCUT2D eigenvalue weighted by Gasteiger charge is 2.04. The summed E-state index contributed by atoms with van der Waals surface area (Å²) in [6.45, 7) is -2.90. The topological polar surface area (TPSA) is 56.8 Å². The molecule has 0 bridgehead atoms. The van der Waals surface area contributed by atoms with E-state index in [0.717, 1.165) is 0 Å². The van der Waals surface area contributed by atoms with E-state index in [2.05, 4.69) is 4.74 Å². The van der Waals surface area contributed by atoms with Gasteiger partial charge in [-0.3, -0.25) is 0 Å². The molecule has 0 aromatic heterocycles. The Morgan fingerprint density at radius 1 is 1.31 bits per heavy atom. The molecule has 0 amide bonds. The maximum Gasteiger partial charge on any atom is 0.387 e. The van der Waals surface area contributed by atoms with Crippen LogP contribution in [0.5, 0.6) is 5.75 Å². The van der Waals surface area contributed by atoms with Crippen molar-refractivity contribution < 1.29 is 13.5 Å². The van der Waals surface area contributed by atoms with Crippen LogP contribution in [-0.2, 0) is 0 Å². The smallest absolute Gasteiger partial charge is 0.387 e. The van der Waals surface area contributed by atoms with E-state index in [1.54, 1.807) is 18.2 Å². The molecular weight excluding hydrogens is 214 g/mol. The lowest BCUT2D eigenvalue weighted by atomic mass is 10.1. The molecular formula is C11H6F2N2O. The van der Waals surface area contributed by atoms with Crippen LogP contribution in [0.1, 0.15) is 5.56 Å². The highest BCUT2D eigenvalue weighted by Crippen LogP contribution is 2.17. The van der Waals surface area contributed by atoms with Crippen LogP contribution in [0.25, 0.3) is 6.08 Å². The van der Waals surface area contributed by atoms with E-state index in [-0.39, 0.29) is 11.3 Å². The van der Waals surface area contributed by atoms with Gasteiger partial charge in [0.05, 0.1) is 0 Å². The molecule has 1 rings (SSSR count). The number of halogens is 2. The van der Waals surface area contributed by atoms with Crippen molar-refractivity contribution in [1.82, 2.24) is 0 Å². The molecule has 0 radical (unpaired) electrons. The van der Waals surface area contributed by atoms with Gasteiger partial charge in [-0.05, 0) is 23.8 Å². The molecule has 0 aliphatic heterocycles. The highest BCUT2D eigenvalue weighted by atomic mass is 19.3. The number of hydrogen-bond acceptors (Lipinski definition) is 3. The Balaban J connectivity index is 2.96. The minimum atomic E-state index is -2.90. The van der Waals surface area contributed by atoms with Crippen molar-refractivity contribution in [2.75, 3.05) is 0 Å². The van der Waals surface area contributed by atoms with Crippen molar-refractivity contribution in [3.05, 3.63) is 35.4 Å². The van der Waals surface area contributed by atoms with E-state index in [4.69, 9.17) is 10.5 Å². The number of nitrogens with zero attached hydrogens (tertiary/aromatic N) is 2. The molecule has 0 unspecified atom stereocenters. The molecule has 80 valence electrons. The monoisotopic (exact) mass is 220 g/mol. The van der Waals surface area contributed by atoms with Crippen LogP contribution in [0.4, 0.5) is 8.78 Å². The Morgan fingerprint density at radius 3 is 2.56 bits per heavy atom. The molecule has 0 spiro atoms. The van der Waals surface area contributed by atoms with Crippen LogP contribution in [0.15, 0.2) is 29.8 Å². The summed E-state index contributed by atoms with van der Waals surface area (Å²) in [5.74, 6) is -0.0148. The van der Waals surface area contributed by atoms with Gasteiger partial charge in [0.25, 0.3) is 0 Å². The van der Waals surface area contributed by atoms with Crippen molar-refractivity contribution in [3.8, 4) is 17.9 Å². The number of alkyl halides is 2. The second-order valence-electron chi connectivity index (χ2n) is 2.73. The van der Waals surface area contributed by atoms with E-state index in [1.165, 1.54) is 24.3 Å². The number of ether oxygens (including phenoxy) is 1. The van der Waals surface area contributed by atoms with Gasteiger partial charge in [-0.2, -0.15) is 19.3 Å². The molecule has 0 atom stereocenters. The number of allylic oxidation sites excluding steroid dienone is 1. The first-order valence-corrected chi connectivity index (χ1v) is 4.22. The molecule has 0 saturated heterocycles. The SMILES string of the molecule is N#CC(C#N)=Cc1cccc(OC(F)F)c1. The van der Waals surface area contributed by atoms with Gasteiger partial charge >= 0.3 is 6.61 Å². The Hall–Kier alpha value is -2.40. The minimum Gasteiger partial charge on any atom is -0.435 e. The largest absolute Gasteiger partial charge is 0.435 e. The normalized spacial score (nSPS) is 9.06. The predicted octanol–water partition coefficient (Wildman–Crippen LogP) is 2.72. The van der Waals surface area contributed by atoms with Gasteiger partial charge in [0.1, 0.15) is 23.5 Å². The zero-order valence-corrected chi connectivity index (χ0v) is 8.02. The van der Waals surface area contributed by atoms with E-state index in [0.29, 0.717) is 5.56 Å². The van der Waals surface area contributed by atoms with Crippen LogP contribution in [-0.4, -0.2) is 6.61 Å². The molecule has 0 saturated carbocycles. The van der Waals surface area contributed by atoms with Gasteiger partial charge in [0.2, 0.25) is 0 Å². The van der Waals surface area contributed by atoms with E-state index in [1.807, 2.05) is 0 Å². The second kappa shape index (κ2) is 5.47. The van der Waals surface area contributed by atoms with Gasteiger partial charge in [-0.1, -0.05) is 12.1 Å². The Labute approximate surface area is 90.8 Å². The molecule has 1 aromatic rings. The number of nitriles is 2. The lowest BCUT2D eigenvalue weighted by molar-refractivity contribution is -0.0498. The Bertz CT molecular complexity index is 467. The predicted molar refractivity (Wildman–Crippen MR) is 52.3 cm³/mol. The van der Waals surface area contributed by atoms with Crippen molar-refractivity contribution in [2.45, 2.75) is 6.61 Å². The Morgan fingerprint density at radius 2 is 2.00 bits per heavy atom. The Kier molecular flexibility index (Phi) is 3.99. The highest BCUT2D eigenvalue weighted by molar-refractivity contribution is 5.62. The van der Waals surface area contributed by atoms with Crippen molar-refractivity contribution in [1.29, 1.82) is 10.5 Å². The van der Waals surface area contributed by atoms with Crippen LogP contribution in [0.3, 0.4) is 0 Å².